The number of amides is 4. The Hall–Kier alpha value is -3.84. The molecule has 13 heteroatoms. The van der Waals surface area contributed by atoms with Crippen LogP contribution < -0.4 is 5.32 Å². The van der Waals surface area contributed by atoms with E-state index in [1.807, 2.05) is 60.0 Å². The normalized spacial score (nSPS) is 20.9. The highest BCUT2D eigenvalue weighted by molar-refractivity contribution is 7.88. The molecule has 2 aromatic carbocycles. The third-order valence-corrected chi connectivity index (χ3v) is 12.6. The number of carbonyl (C=O) groups excluding carboxylic acids is 3. The number of ether oxygens (including phenoxy) is 1. The number of rotatable bonds is 7. The molecule has 4 aliphatic heterocycles. The zero-order chi connectivity index (χ0) is 35.6. The van der Waals surface area contributed by atoms with Gasteiger partial charge in [-0.1, -0.05) is 30.3 Å². The Labute approximate surface area is 295 Å². The van der Waals surface area contributed by atoms with Gasteiger partial charge in [-0.2, -0.15) is 0 Å². The van der Waals surface area contributed by atoms with E-state index in [9.17, 15) is 27.9 Å². The Balaban J connectivity index is 1.07. The van der Waals surface area contributed by atoms with E-state index in [4.69, 9.17) is 4.74 Å². The van der Waals surface area contributed by atoms with E-state index >= 15 is 0 Å². The minimum Gasteiger partial charge on any atom is -0.507 e. The fourth-order valence-corrected chi connectivity index (χ4v) is 9.20. The number of urea groups is 1. The second kappa shape index (κ2) is 15.2. The highest BCUT2D eigenvalue weighted by atomic mass is 32.2. The molecule has 3 fully saturated rings. The maximum Gasteiger partial charge on any atom is 0.410 e. The largest absolute Gasteiger partial charge is 0.507 e. The van der Waals surface area contributed by atoms with E-state index in [1.165, 1.54) is 6.26 Å². The van der Waals surface area contributed by atoms with Crippen molar-refractivity contribution in [1.82, 2.24) is 19.0 Å². The van der Waals surface area contributed by atoms with E-state index < -0.39 is 22.2 Å². The molecule has 50 heavy (non-hydrogen) atoms. The van der Waals surface area contributed by atoms with Crippen LogP contribution in [0.2, 0.25) is 0 Å². The molecule has 4 heterocycles. The number of phenolic OH excluding ortho intramolecular Hbond substituents is 1. The lowest BCUT2D eigenvalue weighted by molar-refractivity contribution is -0.142. The van der Waals surface area contributed by atoms with Crippen molar-refractivity contribution in [3.05, 3.63) is 58.7 Å². The molecule has 272 valence electrons. The SMILES string of the molecule is Cc1cc(C[C@@H](OC(=O)N2CCC(N3CCc4ccccc4NC3=O)CC2)C(=O)N2CCC(C3CCN(S(C)(=O)=O)CC3)CC2)cc(C)c1O. The highest BCUT2D eigenvalue weighted by Gasteiger charge is 2.37. The topological polar surface area (TPSA) is 140 Å². The summed E-state index contributed by atoms with van der Waals surface area (Å²) < 4.78 is 31.5. The lowest BCUT2D eigenvalue weighted by atomic mass is 9.79. The summed E-state index contributed by atoms with van der Waals surface area (Å²) in [6.45, 7) is 7.28. The van der Waals surface area contributed by atoms with Crippen molar-refractivity contribution >= 4 is 33.7 Å². The first-order chi connectivity index (χ1) is 23.9. The summed E-state index contributed by atoms with van der Waals surface area (Å²) in [5, 5.41) is 13.4. The number of anilines is 1. The van der Waals surface area contributed by atoms with Gasteiger partial charge in [-0.3, -0.25) is 4.79 Å². The van der Waals surface area contributed by atoms with Crippen LogP contribution in [0, 0.1) is 25.7 Å². The number of piperidine rings is 3. The Morgan fingerprint density at radius 2 is 1.46 bits per heavy atom. The van der Waals surface area contributed by atoms with Crippen LogP contribution in [0.1, 0.15) is 60.8 Å². The van der Waals surface area contributed by atoms with E-state index in [-0.39, 0.29) is 30.2 Å². The predicted molar refractivity (Wildman–Crippen MR) is 190 cm³/mol. The monoisotopic (exact) mass is 709 g/mol. The van der Waals surface area contributed by atoms with Crippen LogP contribution in [-0.4, -0.2) is 115 Å². The van der Waals surface area contributed by atoms with Crippen LogP contribution in [0.5, 0.6) is 5.75 Å². The number of nitrogens with one attached hydrogen (secondary N) is 1. The van der Waals surface area contributed by atoms with Gasteiger partial charge in [-0.25, -0.2) is 22.3 Å². The van der Waals surface area contributed by atoms with Crippen molar-refractivity contribution < 1.29 is 32.6 Å². The summed E-state index contributed by atoms with van der Waals surface area (Å²) >= 11 is 0. The molecule has 0 aromatic heterocycles. The Morgan fingerprint density at radius 1 is 0.880 bits per heavy atom. The predicted octanol–water partition coefficient (Wildman–Crippen LogP) is 4.52. The first-order valence-corrected chi connectivity index (χ1v) is 19.9. The summed E-state index contributed by atoms with van der Waals surface area (Å²) in [4.78, 5) is 46.1. The number of fused-ring (bicyclic) bond motifs is 1. The molecule has 4 aliphatic rings. The van der Waals surface area contributed by atoms with Crippen LogP contribution in [0.25, 0.3) is 0 Å². The molecular formula is C37H51N5O7S. The molecule has 0 bridgehead atoms. The number of hydrogen-bond acceptors (Lipinski definition) is 7. The number of aryl methyl sites for hydroxylation is 2. The molecule has 2 aromatic rings. The summed E-state index contributed by atoms with van der Waals surface area (Å²) in [6.07, 6.45) is 5.22. The van der Waals surface area contributed by atoms with E-state index in [0.717, 1.165) is 48.9 Å². The third kappa shape index (κ3) is 8.20. The molecule has 1 atom stereocenters. The van der Waals surface area contributed by atoms with Gasteiger partial charge < -0.3 is 29.9 Å². The van der Waals surface area contributed by atoms with Crippen molar-refractivity contribution in [2.45, 2.75) is 77.4 Å². The number of aromatic hydroxyl groups is 1. The minimum absolute atomic E-state index is 0.00588. The van der Waals surface area contributed by atoms with Crippen molar-refractivity contribution in [2.24, 2.45) is 11.8 Å². The van der Waals surface area contributed by atoms with Crippen molar-refractivity contribution in [2.75, 3.05) is 57.4 Å². The van der Waals surface area contributed by atoms with Crippen LogP contribution in [0.3, 0.4) is 0 Å². The maximum atomic E-state index is 14.1. The van der Waals surface area contributed by atoms with Gasteiger partial charge in [0.1, 0.15) is 5.75 Å². The van der Waals surface area contributed by atoms with Gasteiger partial charge in [0.25, 0.3) is 5.91 Å². The molecule has 0 spiro atoms. The number of para-hydroxylation sites is 1. The lowest BCUT2D eigenvalue weighted by Crippen LogP contribution is -2.52. The smallest absolute Gasteiger partial charge is 0.410 e. The fourth-order valence-electron chi connectivity index (χ4n) is 8.33. The Morgan fingerprint density at radius 3 is 2.08 bits per heavy atom. The van der Waals surface area contributed by atoms with Crippen molar-refractivity contribution in [3.63, 3.8) is 0 Å². The molecule has 4 amide bonds. The summed E-state index contributed by atoms with van der Waals surface area (Å²) in [6, 6.07) is 11.4. The third-order valence-electron chi connectivity index (χ3n) is 11.3. The first kappa shape index (κ1) is 36.0. The number of carbonyl (C=O) groups is 3. The Bertz CT molecular complexity index is 1650. The van der Waals surface area contributed by atoms with E-state index in [1.54, 1.807) is 9.21 Å². The van der Waals surface area contributed by atoms with Gasteiger partial charge in [-0.15, -0.1) is 0 Å². The van der Waals surface area contributed by atoms with Crippen LogP contribution >= 0.6 is 0 Å². The fraction of sp³-hybridized carbons (Fsp3) is 0.595. The average molecular weight is 710 g/mol. The second-order valence-electron chi connectivity index (χ2n) is 14.6. The van der Waals surface area contributed by atoms with Crippen molar-refractivity contribution in [1.29, 1.82) is 0 Å². The summed E-state index contributed by atoms with van der Waals surface area (Å²) in [5.41, 5.74) is 4.16. The van der Waals surface area contributed by atoms with Gasteiger partial charge in [0.05, 0.1) is 6.26 Å². The van der Waals surface area contributed by atoms with Crippen LogP contribution in [-0.2, 0) is 32.4 Å². The molecular weight excluding hydrogens is 659 g/mol. The van der Waals surface area contributed by atoms with Crippen molar-refractivity contribution in [3.8, 4) is 5.75 Å². The zero-order valence-electron chi connectivity index (χ0n) is 29.5. The second-order valence-corrected chi connectivity index (χ2v) is 16.5. The van der Waals surface area contributed by atoms with Gasteiger partial charge in [0, 0.05) is 64.0 Å². The molecule has 6 rings (SSSR count). The summed E-state index contributed by atoms with van der Waals surface area (Å²) in [5.74, 6) is 0.844. The molecule has 0 aliphatic carbocycles. The molecule has 3 saturated heterocycles. The molecule has 12 nitrogen and oxygen atoms in total. The number of sulfonamides is 1. The van der Waals surface area contributed by atoms with Gasteiger partial charge >= 0.3 is 12.1 Å². The molecule has 0 unspecified atom stereocenters. The average Bonchev–Trinajstić information content (AvgIpc) is 3.27. The van der Waals surface area contributed by atoms with Gasteiger partial charge in [0.2, 0.25) is 10.0 Å². The standard InChI is InChI=1S/C37H51N5O7S/c1-25-22-27(23-26(2)34(25)43)24-33(35(44)39-15-8-28(9-16-39)29-10-19-41(20-11-29)50(3,47)48)49-37(46)40-17-13-31(14-18-40)42-21-12-30-6-4-5-7-32(30)38-36(42)45/h4-7,22-23,28-29,31,33,43H,8-21,24H2,1-3H3,(H,38,45)/t33-/m1/s1. The molecule has 0 radical (unpaired) electrons. The van der Waals surface area contributed by atoms with Crippen LogP contribution in [0.15, 0.2) is 36.4 Å². The number of likely N-dealkylation sites (tertiary alicyclic amines) is 2. The number of phenols is 1. The summed E-state index contributed by atoms with van der Waals surface area (Å²) in [7, 11) is -3.18. The molecule has 0 saturated carbocycles. The van der Waals surface area contributed by atoms with Crippen LogP contribution in [0.4, 0.5) is 15.3 Å². The Kier molecular flexibility index (Phi) is 10.9. The van der Waals surface area contributed by atoms with E-state index in [2.05, 4.69) is 5.32 Å². The number of hydrogen-bond donors (Lipinski definition) is 2. The van der Waals surface area contributed by atoms with Gasteiger partial charge in [-0.05, 0) is 98.9 Å². The quantitative estimate of drug-likeness (QED) is 0.431. The minimum atomic E-state index is -3.18. The number of benzene rings is 2. The maximum absolute atomic E-state index is 14.1. The van der Waals surface area contributed by atoms with Gasteiger partial charge in [0.15, 0.2) is 6.10 Å². The first-order valence-electron chi connectivity index (χ1n) is 18.0. The zero-order valence-corrected chi connectivity index (χ0v) is 30.3. The lowest BCUT2D eigenvalue weighted by Gasteiger charge is -2.40. The molecule has 2 N–H and O–H groups in total. The van der Waals surface area contributed by atoms with E-state index in [0.29, 0.717) is 81.6 Å². The number of nitrogens with zero attached hydrogens (tertiary/aromatic N) is 4. The highest BCUT2D eigenvalue weighted by Crippen LogP contribution is 2.34.